The lowest BCUT2D eigenvalue weighted by Gasteiger charge is -2.05. The fourth-order valence-corrected chi connectivity index (χ4v) is 2.39. The van der Waals surface area contributed by atoms with Gasteiger partial charge in [0, 0.05) is 10.6 Å². The van der Waals surface area contributed by atoms with Gasteiger partial charge in [-0.1, -0.05) is 19.4 Å². The van der Waals surface area contributed by atoms with Crippen LogP contribution in [0.5, 0.6) is 0 Å². The molecule has 0 heterocycles. The largest absolute Gasteiger partial charge is 0.466 e. The van der Waals surface area contributed by atoms with Crippen LogP contribution in [0.25, 0.3) is 0 Å². The van der Waals surface area contributed by atoms with Crippen LogP contribution >= 0.6 is 11.8 Å². The highest BCUT2D eigenvalue weighted by atomic mass is 32.2. The predicted molar refractivity (Wildman–Crippen MR) is 77.1 cm³/mol. The Morgan fingerprint density at radius 3 is 2.72 bits per heavy atom. The number of carbonyl (C=O) groups excluding carboxylic acids is 1. The molecule has 0 aliphatic rings. The van der Waals surface area contributed by atoms with Gasteiger partial charge < -0.3 is 4.74 Å². The van der Waals surface area contributed by atoms with Gasteiger partial charge in [-0.2, -0.15) is 0 Å². The van der Waals surface area contributed by atoms with Crippen molar-refractivity contribution in [3.8, 4) is 0 Å². The Hall–Kier alpha value is -0.960. The van der Waals surface area contributed by atoms with E-state index in [1.807, 2.05) is 0 Å². The summed E-state index contributed by atoms with van der Waals surface area (Å²) in [7, 11) is 0. The van der Waals surface area contributed by atoms with Crippen molar-refractivity contribution in [2.24, 2.45) is 0 Å². The zero-order valence-corrected chi connectivity index (χ0v) is 12.3. The monoisotopic (exact) mass is 266 g/mol. The maximum Gasteiger partial charge on any atom is 0.306 e. The van der Waals surface area contributed by atoms with E-state index in [9.17, 15) is 4.79 Å². The van der Waals surface area contributed by atoms with E-state index in [4.69, 9.17) is 4.74 Å². The van der Waals surface area contributed by atoms with Gasteiger partial charge in [0.05, 0.1) is 13.0 Å². The normalized spacial score (nSPS) is 10.4. The molecular weight excluding hydrogens is 244 g/mol. The first-order valence-electron chi connectivity index (χ1n) is 6.49. The van der Waals surface area contributed by atoms with E-state index in [0.29, 0.717) is 13.0 Å². The van der Waals surface area contributed by atoms with Gasteiger partial charge in [-0.05, 0) is 43.5 Å². The number of benzene rings is 1. The summed E-state index contributed by atoms with van der Waals surface area (Å²) in [5, 5.41) is 0. The molecule has 0 bridgehead atoms. The Morgan fingerprint density at radius 1 is 1.28 bits per heavy atom. The number of carbonyl (C=O) groups is 1. The Morgan fingerprint density at radius 2 is 2.06 bits per heavy atom. The number of thioether (sulfide) groups is 1. The van der Waals surface area contributed by atoms with Crippen molar-refractivity contribution in [1.29, 1.82) is 0 Å². The van der Waals surface area contributed by atoms with E-state index in [-0.39, 0.29) is 5.97 Å². The Kier molecular flexibility index (Phi) is 6.88. The first kappa shape index (κ1) is 15.1. The molecule has 18 heavy (non-hydrogen) atoms. The van der Waals surface area contributed by atoms with Crippen LogP contribution in [0, 0.1) is 13.8 Å². The minimum atomic E-state index is -0.0835. The molecule has 0 unspecified atom stereocenters. The minimum absolute atomic E-state index is 0.0835. The van der Waals surface area contributed by atoms with Crippen LogP contribution in [0.1, 0.15) is 37.3 Å². The maximum absolute atomic E-state index is 11.4. The molecule has 0 radical (unpaired) electrons. The summed E-state index contributed by atoms with van der Waals surface area (Å²) in [4.78, 5) is 12.6. The summed E-state index contributed by atoms with van der Waals surface area (Å²) >= 11 is 1.71. The standard InChI is InChI=1S/C15H22O2S/c1-4-5-9-17-15(16)8-10-18-14-7-6-12(2)13(3)11-14/h6-7,11H,4-5,8-10H2,1-3H3. The fraction of sp³-hybridized carbons (Fsp3) is 0.533. The summed E-state index contributed by atoms with van der Waals surface area (Å²) in [5.41, 5.74) is 2.60. The Bertz CT molecular complexity index is 388. The molecule has 0 aliphatic heterocycles. The van der Waals surface area contributed by atoms with Gasteiger partial charge in [0.2, 0.25) is 0 Å². The minimum Gasteiger partial charge on any atom is -0.466 e. The molecule has 1 rings (SSSR count). The third-order valence-corrected chi connectivity index (χ3v) is 3.81. The van der Waals surface area contributed by atoms with E-state index < -0.39 is 0 Å². The van der Waals surface area contributed by atoms with Crippen molar-refractivity contribution >= 4 is 17.7 Å². The number of rotatable bonds is 7. The molecule has 1 aromatic carbocycles. The zero-order valence-electron chi connectivity index (χ0n) is 11.5. The molecule has 3 heteroatoms. The fourth-order valence-electron chi connectivity index (χ4n) is 1.46. The highest BCUT2D eigenvalue weighted by molar-refractivity contribution is 7.99. The third-order valence-electron chi connectivity index (χ3n) is 2.81. The van der Waals surface area contributed by atoms with Gasteiger partial charge in [0.1, 0.15) is 0 Å². The molecule has 0 N–H and O–H groups in total. The molecule has 2 nitrogen and oxygen atoms in total. The van der Waals surface area contributed by atoms with E-state index in [0.717, 1.165) is 18.6 Å². The highest BCUT2D eigenvalue weighted by Gasteiger charge is 2.03. The molecule has 100 valence electrons. The number of hydrogen-bond acceptors (Lipinski definition) is 3. The lowest BCUT2D eigenvalue weighted by Crippen LogP contribution is -2.06. The topological polar surface area (TPSA) is 26.3 Å². The molecule has 0 saturated heterocycles. The second-order valence-electron chi connectivity index (χ2n) is 4.42. The molecule has 0 saturated carbocycles. The van der Waals surface area contributed by atoms with Crippen LogP contribution in [-0.2, 0) is 9.53 Å². The smallest absolute Gasteiger partial charge is 0.306 e. The number of ether oxygens (including phenoxy) is 1. The lowest BCUT2D eigenvalue weighted by molar-refractivity contribution is -0.143. The van der Waals surface area contributed by atoms with Gasteiger partial charge >= 0.3 is 5.97 Å². The van der Waals surface area contributed by atoms with Crippen molar-refractivity contribution in [3.05, 3.63) is 29.3 Å². The van der Waals surface area contributed by atoms with Crippen LogP contribution < -0.4 is 0 Å². The number of hydrogen-bond donors (Lipinski definition) is 0. The number of aryl methyl sites for hydroxylation is 2. The predicted octanol–water partition coefficient (Wildman–Crippen LogP) is 4.13. The number of unbranched alkanes of at least 4 members (excludes halogenated alkanes) is 1. The van der Waals surface area contributed by atoms with Crippen LogP contribution in [0.4, 0.5) is 0 Å². The highest BCUT2D eigenvalue weighted by Crippen LogP contribution is 2.21. The summed E-state index contributed by atoms with van der Waals surface area (Å²) < 4.78 is 5.11. The van der Waals surface area contributed by atoms with Crippen LogP contribution in [-0.4, -0.2) is 18.3 Å². The number of esters is 1. The molecule has 0 aliphatic carbocycles. The van der Waals surface area contributed by atoms with Gasteiger partial charge in [0.15, 0.2) is 0 Å². The van der Waals surface area contributed by atoms with Gasteiger partial charge in [-0.15, -0.1) is 11.8 Å². The van der Waals surface area contributed by atoms with Crippen molar-refractivity contribution in [1.82, 2.24) is 0 Å². The van der Waals surface area contributed by atoms with Crippen molar-refractivity contribution in [2.45, 2.75) is 44.9 Å². The van der Waals surface area contributed by atoms with Crippen LogP contribution in [0.15, 0.2) is 23.1 Å². The van der Waals surface area contributed by atoms with E-state index in [1.165, 1.54) is 16.0 Å². The van der Waals surface area contributed by atoms with E-state index in [2.05, 4.69) is 39.0 Å². The molecule has 0 aromatic heterocycles. The van der Waals surface area contributed by atoms with Crippen molar-refractivity contribution in [3.63, 3.8) is 0 Å². The maximum atomic E-state index is 11.4. The second kappa shape index (κ2) is 8.20. The van der Waals surface area contributed by atoms with Crippen LogP contribution in [0.3, 0.4) is 0 Å². The Balaban J connectivity index is 2.24. The molecule has 0 atom stereocenters. The van der Waals surface area contributed by atoms with Gasteiger partial charge in [0.25, 0.3) is 0 Å². The first-order valence-corrected chi connectivity index (χ1v) is 7.47. The average molecular weight is 266 g/mol. The Labute approximate surface area is 114 Å². The third kappa shape index (κ3) is 5.58. The summed E-state index contributed by atoms with van der Waals surface area (Å²) in [6.45, 7) is 6.86. The quantitative estimate of drug-likeness (QED) is 0.422. The first-order chi connectivity index (χ1) is 8.63. The SMILES string of the molecule is CCCCOC(=O)CCSc1ccc(C)c(C)c1. The lowest BCUT2D eigenvalue weighted by atomic mass is 10.1. The van der Waals surface area contributed by atoms with Crippen LogP contribution in [0.2, 0.25) is 0 Å². The van der Waals surface area contributed by atoms with Gasteiger partial charge in [-0.3, -0.25) is 4.79 Å². The van der Waals surface area contributed by atoms with E-state index >= 15 is 0 Å². The molecule has 1 aromatic rings. The van der Waals surface area contributed by atoms with E-state index in [1.54, 1.807) is 11.8 Å². The summed E-state index contributed by atoms with van der Waals surface area (Å²) in [6, 6.07) is 6.40. The molecule has 0 spiro atoms. The summed E-state index contributed by atoms with van der Waals surface area (Å²) in [6.07, 6.45) is 2.50. The van der Waals surface area contributed by atoms with Crippen molar-refractivity contribution < 1.29 is 9.53 Å². The molecule has 0 amide bonds. The second-order valence-corrected chi connectivity index (χ2v) is 5.59. The zero-order chi connectivity index (χ0) is 13.4. The summed E-state index contributed by atoms with van der Waals surface area (Å²) in [5.74, 6) is 0.702. The molecule has 0 fully saturated rings. The van der Waals surface area contributed by atoms with Crippen molar-refractivity contribution in [2.75, 3.05) is 12.4 Å². The average Bonchev–Trinajstić information content (AvgIpc) is 2.34. The van der Waals surface area contributed by atoms with Gasteiger partial charge in [-0.25, -0.2) is 0 Å². The molecular formula is C15H22O2S.